The van der Waals surface area contributed by atoms with Gasteiger partial charge in [-0.15, -0.1) is 6.58 Å². The molecule has 142 valence electrons. The second-order valence-electron chi connectivity index (χ2n) is 6.81. The van der Waals surface area contributed by atoms with Crippen LogP contribution in [0.25, 0.3) is 10.9 Å². The van der Waals surface area contributed by atoms with Gasteiger partial charge in [-0.25, -0.2) is 4.98 Å². The van der Waals surface area contributed by atoms with Gasteiger partial charge in [-0.1, -0.05) is 41.6 Å². The van der Waals surface area contributed by atoms with Crippen LogP contribution in [0.2, 0.25) is 5.02 Å². The highest BCUT2D eigenvalue weighted by molar-refractivity contribution is 7.99. The van der Waals surface area contributed by atoms with Crippen LogP contribution in [0.5, 0.6) is 0 Å². The molecule has 0 saturated carbocycles. The van der Waals surface area contributed by atoms with Crippen LogP contribution in [-0.2, 0) is 19.4 Å². The van der Waals surface area contributed by atoms with E-state index in [1.807, 2.05) is 12.1 Å². The molecular formula is C22H19ClN2O2S. The highest BCUT2D eigenvalue weighted by Crippen LogP contribution is 2.25. The van der Waals surface area contributed by atoms with Crippen molar-refractivity contribution in [1.29, 1.82) is 0 Å². The van der Waals surface area contributed by atoms with E-state index in [9.17, 15) is 9.59 Å². The van der Waals surface area contributed by atoms with Gasteiger partial charge in [0, 0.05) is 17.1 Å². The van der Waals surface area contributed by atoms with Crippen LogP contribution in [0, 0.1) is 0 Å². The molecule has 2 aromatic carbocycles. The van der Waals surface area contributed by atoms with Gasteiger partial charge in [0.2, 0.25) is 0 Å². The lowest BCUT2D eigenvalue weighted by Crippen LogP contribution is -2.23. The van der Waals surface area contributed by atoms with Gasteiger partial charge < -0.3 is 0 Å². The first-order chi connectivity index (χ1) is 13.6. The summed E-state index contributed by atoms with van der Waals surface area (Å²) in [4.78, 5) is 30.1. The zero-order chi connectivity index (χ0) is 19.7. The summed E-state index contributed by atoms with van der Waals surface area (Å²) >= 11 is 7.30. The van der Waals surface area contributed by atoms with E-state index in [4.69, 9.17) is 11.6 Å². The van der Waals surface area contributed by atoms with Crippen LogP contribution in [0.3, 0.4) is 0 Å². The van der Waals surface area contributed by atoms with Crippen LogP contribution in [0.1, 0.15) is 27.9 Å². The fourth-order valence-corrected chi connectivity index (χ4v) is 4.61. The van der Waals surface area contributed by atoms with E-state index in [0.29, 0.717) is 27.6 Å². The minimum Gasteiger partial charge on any atom is -0.293 e. The van der Waals surface area contributed by atoms with Crippen molar-refractivity contribution < 1.29 is 4.79 Å². The monoisotopic (exact) mass is 410 g/mol. The van der Waals surface area contributed by atoms with Crippen LogP contribution in [-0.4, -0.2) is 21.1 Å². The molecule has 28 heavy (non-hydrogen) atoms. The third-order valence-corrected chi connectivity index (χ3v) is 6.16. The van der Waals surface area contributed by atoms with E-state index in [2.05, 4.69) is 17.6 Å². The second-order valence-corrected chi connectivity index (χ2v) is 8.19. The highest BCUT2D eigenvalue weighted by Gasteiger charge is 2.16. The molecule has 0 unspecified atom stereocenters. The van der Waals surface area contributed by atoms with E-state index >= 15 is 0 Å². The zero-order valence-electron chi connectivity index (χ0n) is 15.3. The number of allylic oxidation sites excluding steroid dienone is 1. The molecule has 1 heterocycles. The summed E-state index contributed by atoms with van der Waals surface area (Å²) < 4.78 is 1.53. The zero-order valence-corrected chi connectivity index (χ0v) is 16.9. The minimum absolute atomic E-state index is 0.0373. The lowest BCUT2D eigenvalue weighted by molar-refractivity contribution is 0.102. The molecule has 0 bridgehead atoms. The highest BCUT2D eigenvalue weighted by atomic mass is 35.5. The van der Waals surface area contributed by atoms with Crippen molar-refractivity contribution in [2.75, 3.05) is 5.75 Å². The molecule has 1 aromatic heterocycles. The lowest BCUT2D eigenvalue weighted by Gasteiger charge is -2.11. The van der Waals surface area contributed by atoms with Gasteiger partial charge in [-0.3, -0.25) is 14.2 Å². The molecule has 0 spiro atoms. The van der Waals surface area contributed by atoms with Crippen molar-refractivity contribution in [3.63, 3.8) is 0 Å². The Morgan fingerprint density at radius 1 is 1.21 bits per heavy atom. The SMILES string of the molecule is C=CCn1c(SCC(=O)c2ccc3c(c2)CCC3)nc2ccc(Cl)cc2c1=O. The van der Waals surface area contributed by atoms with Crippen molar-refractivity contribution >= 4 is 40.0 Å². The van der Waals surface area contributed by atoms with Gasteiger partial charge in [0.15, 0.2) is 10.9 Å². The summed E-state index contributed by atoms with van der Waals surface area (Å²) in [5, 5.41) is 1.46. The van der Waals surface area contributed by atoms with Gasteiger partial charge in [-0.2, -0.15) is 0 Å². The summed E-state index contributed by atoms with van der Waals surface area (Å²) in [5.74, 6) is 0.261. The molecule has 0 aliphatic heterocycles. The molecule has 1 aliphatic rings. The maximum absolute atomic E-state index is 12.9. The summed E-state index contributed by atoms with van der Waals surface area (Å²) in [6, 6.07) is 11.0. The molecule has 0 saturated heterocycles. The molecule has 0 amide bonds. The number of aryl methyl sites for hydroxylation is 2. The molecule has 4 rings (SSSR count). The Kier molecular flexibility index (Phi) is 5.38. The summed E-state index contributed by atoms with van der Waals surface area (Å²) in [5.41, 5.74) is 3.74. The number of nitrogens with zero attached hydrogens (tertiary/aromatic N) is 2. The number of halogens is 1. The Labute approximate surface area is 172 Å². The van der Waals surface area contributed by atoms with Crippen molar-refractivity contribution in [2.45, 2.75) is 31.0 Å². The predicted molar refractivity (Wildman–Crippen MR) is 115 cm³/mol. The van der Waals surface area contributed by atoms with Gasteiger partial charge in [0.25, 0.3) is 5.56 Å². The molecular weight excluding hydrogens is 392 g/mol. The van der Waals surface area contributed by atoms with Crippen LogP contribution in [0.15, 0.2) is 59.0 Å². The number of carbonyl (C=O) groups excluding carboxylic acids is 1. The minimum atomic E-state index is -0.181. The number of carbonyl (C=O) groups is 1. The fourth-order valence-electron chi connectivity index (χ4n) is 3.53. The molecule has 4 nitrogen and oxygen atoms in total. The Morgan fingerprint density at radius 2 is 2.04 bits per heavy atom. The average Bonchev–Trinajstić information content (AvgIpc) is 3.17. The summed E-state index contributed by atoms with van der Waals surface area (Å²) in [6.07, 6.45) is 4.93. The number of Topliss-reactive ketones (excluding diaryl/α,β-unsaturated/α-hetero) is 1. The summed E-state index contributed by atoms with van der Waals surface area (Å²) in [7, 11) is 0. The smallest absolute Gasteiger partial charge is 0.262 e. The van der Waals surface area contributed by atoms with Crippen molar-refractivity contribution in [1.82, 2.24) is 9.55 Å². The van der Waals surface area contributed by atoms with E-state index in [-0.39, 0.29) is 17.1 Å². The van der Waals surface area contributed by atoms with E-state index in [0.717, 1.165) is 24.8 Å². The standard InChI is InChI=1S/C22H19ClN2O2S/c1-2-10-25-21(27)18-12-17(23)8-9-19(18)24-22(25)28-13-20(26)16-7-6-14-4-3-5-15(14)11-16/h2,6-9,11-12H,1,3-5,10,13H2. The van der Waals surface area contributed by atoms with Crippen molar-refractivity contribution in [3.8, 4) is 0 Å². The molecule has 6 heteroatoms. The quantitative estimate of drug-likeness (QED) is 0.256. The average molecular weight is 411 g/mol. The Bertz CT molecular complexity index is 1150. The Hall–Kier alpha value is -2.37. The van der Waals surface area contributed by atoms with Gasteiger partial charge in [0.05, 0.1) is 16.7 Å². The first kappa shape index (κ1) is 19.0. The van der Waals surface area contributed by atoms with Crippen LogP contribution >= 0.6 is 23.4 Å². The largest absolute Gasteiger partial charge is 0.293 e. The van der Waals surface area contributed by atoms with E-state index in [1.54, 1.807) is 24.3 Å². The fraction of sp³-hybridized carbons (Fsp3) is 0.227. The number of rotatable bonds is 6. The summed E-state index contributed by atoms with van der Waals surface area (Å²) in [6.45, 7) is 4.05. The van der Waals surface area contributed by atoms with E-state index < -0.39 is 0 Å². The number of hydrogen-bond donors (Lipinski definition) is 0. The molecule has 0 N–H and O–H groups in total. The third kappa shape index (κ3) is 3.64. The number of thioether (sulfide) groups is 1. The number of aromatic nitrogens is 2. The molecule has 0 fully saturated rings. The normalized spacial score (nSPS) is 12.9. The second kappa shape index (κ2) is 7.94. The lowest BCUT2D eigenvalue weighted by atomic mass is 10.0. The van der Waals surface area contributed by atoms with Gasteiger partial charge in [0.1, 0.15) is 0 Å². The number of benzene rings is 2. The Balaban J connectivity index is 1.62. The van der Waals surface area contributed by atoms with Crippen LogP contribution < -0.4 is 5.56 Å². The van der Waals surface area contributed by atoms with E-state index in [1.165, 1.54) is 27.5 Å². The Morgan fingerprint density at radius 3 is 2.86 bits per heavy atom. The number of fused-ring (bicyclic) bond motifs is 2. The molecule has 0 atom stereocenters. The topological polar surface area (TPSA) is 52.0 Å². The van der Waals surface area contributed by atoms with Crippen molar-refractivity contribution in [3.05, 3.63) is 81.1 Å². The molecule has 1 aliphatic carbocycles. The molecule has 0 radical (unpaired) electrons. The number of hydrogen-bond acceptors (Lipinski definition) is 4. The number of ketones is 1. The first-order valence-electron chi connectivity index (χ1n) is 9.15. The predicted octanol–water partition coefficient (Wildman–Crippen LogP) is 4.70. The molecule has 3 aromatic rings. The van der Waals surface area contributed by atoms with Crippen molar-refractivity contribution in [2.24, 2.45) is 0 Å². The third-order valence-electron chi connectivity index (χ3n) is 4.95. The van der Waals surface area contributed by atoms with Gasteiger partial charge in [-0.05, 0) is 54.7 Å². The van der Waals surface area contributed by atoms with Crippen LogP contribution in [0.4, 0.5) is 0 Å². The van der Waals surface area contributed by atoms with Gasteiger partial charge >= 0.3 is 0 Å². The maximum atomic E-state index is 12.9. The first-order valence-corrected chi connectivity index (χ1v) is 10.5. The maximum Gasteiger partial charge on any atom is 0.262 e.